The number of amides is 2. The number of fused-ring (bicyclic) bond motifs is 1. The van der Waals surface area contributed by atoms with E-state index >= 15 is 0 Å². The maximum absolute atomic E-state index is 12.9. The number of hydrogen-bond acceptors (Lipinski definition) is 6. The van der Waals surface area contributed by atoms with Gasteiger partial charge in [-0.25, -0.2) is 4.90 Å². The van der Waals surface area contributed by atoms with Crippen molar-refractivity contribution in [1.29, 1.82) is 0 Å². The lowest BCUT2D eigenvalue weighted by atomic mass is 10.1. The summed E-state index contributed by atoms with van der Waals surface area (Å²) in [6.45, 7) is 0.432. The summed E-state index contributed by atoms with van der Waals surface area (Å²) in [6.07, 6.45) is 0. The van der Waals surface area contributed by atoms with Crippen molar-refractivity contribution in [3.05, 3.63) is 60.2 Å². The van der Waals surface area contributed by atoms with Crippen LogP contribution in [-0.4, -0.2) is 36.0 Å². The third kappa shape index (κ3) is 2.53. The number of nitrogens with zero attached hydrogens (tertiary/aromatic N) is 4. The predicted octanol–water partition coefficient (Wildman–Crippen LogP) is 2.19. The predicted molar refractivity (Wildman–Crippen MR) is 89.9 cm³/mol. The van der Waals surface area contributed by atoms with Gasteiger partial charge in [-0.3, -0.25) is 14.6 Å². The Morgan fingerprint density at radius 3 is 2.40 bits per heavy atom. The lowest BCUT2D eigenvalue weighted by Gasteiger charge is -2.20. The van der Waals surface area contributed by atoms with Crippen LogP contribution >= 0.6 is 0 Å². The molecule has 0 aliphatic carbocycles. The summed E-state index contributed by atoms with van der Waals surface area (Å²) in [5, 5.41) is 9.66. The Morgan fingerprint density at radius 1 is 1.00 bits per heavy atom. The van der Waals surface area contributed by atoms with Gasteiger partial charge in [-0.15, -0.1) is 0 Å². The number of hydrogen-bond donors (Lipinski definition) is 0. The van der Waals surface area contributed by atoms with Gasteiger partial charge < -0.3 is 4.74 Å². The molecule has 0 unspecified atom stereocenters. The molecular weight excluding hydrogens is 320 g/mol. The highest BCUT2D eigenvalue weighted by Crippen LogP contribution is 2.33. The second-order valence-electron chi connectivity index (χ2n) is 5.89. The van der Waals surface area contributed by atoms with Gasteiger partial charge >= 0.3 is 0 Å². The molecule has 2 atom stereocenters. The minimum atomic E-state index is -0.779. The van der Waals surface area contributed by atoms with E-state index in [0.717, 1.165) is 5.56 Å². The van der Waals surface area contributed by atoms with Crippen molar-refractivity contribution in [2.24, 2.45) is 10.3 Å². The van der Waals surface area contributed by atoms with Crippen LogP contribution in [0.1, 0.15) is 5.56 Å². The highest BCUT2D eigenvalue weighted by Gasteiger charge is 2.54. The van der Waals surface area contributed by atoms with E-state index in [1.165, 1.54) is 4.90 Å². The van der Waals surface area contributed by atoms with Crippen LogP contribution < -0.4 is 9.64 Å². The van der Waals surface area contributed by atoms with Crippen LogP contribution in [0, 0.1) is 0 Å². The molecule has 2 aromatic carbocycles. The largest absolute Gasteiger partial charge is 0.497 e. The minimum Gasteiger partial charge on any atom is -0.497 e. The maximum Gasteiger partial charge on any atom is 0.263 e. The van der Waals surface area contributed by atoms with Gasteiger partial charge in [-0.1, -0.05) is 35.6 Å². The third-order valence-electron chi connectivity index (χ3n) is 4.38. The molecule has 126 valence electrons. The minimum absolute atomic E-state index is 0.305. The average Bonchev–Trinajstić information content (AvgIpc) is 3.16. The monoisotopic (exact) mass is 336 g/mol. The topological polar surface area (TPSA) is 74.6 Å². The van der Waals surface area contributed by atoms with Crippen molar-refractivity contribution in [2.75, 3.05) is 12.0 Å². The first-order valence-electron chi connectivity index (χ1n) is 7.92. The normalized spacial score (nSPS) is 21.8. The van der Waals surface area contributed by atoms with E-state index in [4.69, 9.17) is 4.74 Å². The number of imide groups is 1. The van der Waals surface area contributed by atoms with Crippen LogP contribution in [0.15, 0.2) is 64.9 Å². The number of ether oxygens (including phenoxy) is 1. The third-order valence-corrected chi connectivity index (χ3v) is 4.38. The number of benzene rings is 2. The molecule has 0 aromatic heterocycles. The van der Waals surface area contributed by atoms with Crippen molar-refractivity contribution in [3.63, 3.8) is 0 Å². The molecule has 2 aliphatic rings. The molecule has 0 radical (unpaired) electrons. The van der Waals surface area contributed by atoms with E-state index in [1.807, 2.05) is 30.3 Å². The summed E-state index contributed by atoms with van der Waals surface area (Å²) < 4.78 is 5.11. The standard InChI is InChI=1S/C18H16N4O3/c1-25-14-9-7-13(8-10-14)22-17(23)15-16(18(22)24)21(20-19-15)11-12-5-3-2-4-6-12/h2-10,15-16H,11H2,1H3/t15-,16-/m1/s1. The lowest BCUT2D eigenvalue weighted by molar-refractivity contribution is -0.123. The summed E-state index contributed by atoms with van der Waals surface area (Å²) in [7, 11) is 1.56. The Labute approximate surface area is 144 Å². The van der Waals surface area contributed by atoms with Crippen LogP contribution in [0.5, 0.6) is 5.75 Å². The van der Waals surface area contributed by atoms with Crippen LogP contribution in [0.4, 0.5) is 5.69 Å². The molecule has 2 heterocycles. The van der Waals surface area contributed by atoms with Crippen molar-refractivity contribution in [3.8, 4) is 5.75 Å². The zero-order valence-corrected chi connectivity index (χ0v) is 13.6. The highest BCUT2D eigenvalue weighted by molar-refractivity contribution is 6.25. The highest BCUT2D eigenvalue weighted by atomic mass is 16.5. The molecule has 25 heavy (non-hydrogen) atoms. The quantitative estimate of drug-likeness (QED) is 0.802. The van der Waals surface area contributed by atoms with Crippen molar-refractivity contribution >= 4 is 17.5 Å². The fraction of sp³-hybridized carbons (Fsp3) is 0.222. The molecule has 2 aliphatic heterocycles. The lowest BCUT2D eigenvalue weighted by Crippen LogP contribution is -2.39. The van der Waals surface area contributed by atoms with Crippen LogP contribution in [0.25, 0.3) is 0 Å². The average molecular weight is 336 g/mol. The van der Waals surface area contributed by atoms with Gasteiger partial charge in [0.05, 0.1) is 19.3 Å². The van der Waals surface area contributed by atoms with E-state index < -0.39 is 12.1 Å². The Balaban J connectivity index is 1.59. The molecule has 0 bridgehead atoms. The zero-order chi connectivity index (χ0) is 17.4. The Morgan fingerprint density at radius 2 is 1.72 bits per heavy atom. The first kappa shape index (κ1) is 15.3. The van der Waals surface area contributed by atoms with E-state index in [0.29, 0.717) is 18.0 Å². The number of methoxy groups -OCH3 is 1. The van der Waals surface area contributed by atoms with Crippen LogP contribution in [0.3, 0.4) is 0 Å². The number of carbonyl (C=O) groups excluding carboxylic acids is 2. The molecule has 1 saturated heterocycles. The Kier molecular flexibility index (Phi) is 3.68. The SMILES string of the molecule is COc1ccc(N2C(=O)[C@@H]3N=NN(Cc4ccccc4)[C@H]3C2=O)cc1. The molecule has 4 rings (SSSR count). The molecule has 7 nitrogen and oxygen atoms in total. The maximum atomic E-state index is 12.9. The van der Waals surface area contributed by atoms with E-state index in [9.17, 15) is 9.59 Å². The van der Waals surface area contributed by atoms with Gasteiger partial charge in [0, 0.05) is 0 Å². The molecule has 0 spiro atoms. The van der Waals surface area contributed by atoms with Gasteiger partial charge in [0.1, 0.15) is 5.75 Å². The molecule has 0 saturated carbocycles. The van der Waals surface area contributed by atoms with Crippen molar-refractivity contribution in [2.45, 2.75) is 18.6 Å². The van der Waals surface area contributed by atoms with Crippen LogP contribution in [0.2, 0.25) is 0 Å². The Bertz CT molecular complexity index is 835. The molecule has 2 aromatic rings. The molecule has 2 amide bonds. The van der Waals surface area contributed by atoms with E-state index in [2.05, 4.69) is 10.3 Å². The van der Waals surface area contributed by atoms with E-state index in [-0.39, 0.29) is 11.8 Å². The fourth-order valence-electron chi connectivity index (χ4n) is 3.11. The molecule has 0 N–H and O–H groups in total. The van der Waals surface area contributed by atoms with Crippen LogP contribution in [-0.2, 0) is 16.1 Å². The summed E-state index contributed by atoms with van der Waals surface area (Å²) in [4.78, 5) is 26.7. The van der Waals surface area contributed by atoms with Gasteiger partial charge in [-0.05, 0) is 29.8 Å². The number of anilines is 1. The first-order chi connectivity index (χ1) is 12.2. The van der Waals surface area contributed by atoms with Gasteiger partial charge in [0.15, 0.2) is 12.1 Å². The summed E-state index contributed by atoms with van der Waals surface area (Å²) in [5.74, 6) is 0.00834. The second kappa shape index (κ2) is 6.01. The zero-order valence-electron chi connectivity index (χ0n) is 13.6. The van der Waals surface area contributed by atoms with E-state index in [1.54, 1.807) is 36.4 Å². The van der Waals surface area contributed by atoms with Crippen molar-refractivity contribution < 1.29 is 14.3 Å². The second-order valence-corrected chi connectivity index (χ2v) is 5.89. The smallest absolute Gasteiger partial charge is 0.263 e. The molecular formula is C18H16N4O3. The van der Waals surface area contributed by atoms with Gasteiger partial charge in [0.2, 0.25) is 0 Å². The van der Waals surface area contributed by atoms with Gasteiger partial charge in [0.25, 0.3) is 11.8 Å². The van der Waals surface area contributed by atoms with Gasteiger partial charge in [-0.2, -0.15) is 5.11 Å². The summed E-state index contributed by atoms with van der Waals surface area (Å²) >= 11 is 0. The Hall–Kier alpha value is -3.22. The summed E-state index contributed by atoms with van der Waals surface area (Å²) in [6, 6.07) is 15.0. The number of carbonyl (C=O) groups is 2. The molecule has 1 fully saturated rings. The van der Waals surface area contributed by atoms with Crippen molar-refractivity contribution in [1.82, 2.24) is 5.01 Å². The molecule has 7 heteroatoms. The number of rotatable bonds is 4. The summed E-state index contributed by atoms with van der Waals surface area (Å²) in [5.41, 5.74) is 1.52. The first-order valence-corrected chi connectivity index (χ1v) is 7.92. The fourth-order valence-corrected chi connectivity index (χ4v) is 3.11.